The first-order valence-corrected chi connectivity index (χ1v) is 4.13. The molecular weight excluding hydrogens is 212 g/mol. The zero-order chi connectivity index (χ0) is 11.8. The molecule has 0 amide bonds. The van der Waals surface area contributed by atoms with Crippen LogP contribution >= 0.6 is 0 Å². The summed E-state index contributed by atoms with van der Waals surface area (Å²) in [6.45, 7) is -0.805. The van der Waals surface area contributed by atoms with E-state index in [0.717, 1.165) is 0 Å². The van der Waals surface area contributed by atoms with Crippen molar-refractivity contribution in [2.45, 2.75) is 30.2 Å². The van der Waals surface area contributed by atoms with Crippen molar-refractivity contribution >= 4 is 5.97 Å². The molecule has 6 N–H and O–H groups in total. The smallest absolute Gasteiger partial charge is 0.367 e. The molecule has 1 aliphatic heterocycles. The Balaban J connectivity index is 2.97. The molecule has 0 saturated carbocycles. The Morgan fingerprint density at radius 3 is 2.20 bits per heavy atom. The monoisotopic (exact) mass is 224 g/mol. The Morgan fingerprint density at radius 1 is 1.27 bits per heavy atom. The van der Waals surface area contributed by atoms with Crippen molar-refractivity contribution in [3.05, 3.63) is 0 Å². The number of hydrogen-bond donors (Lipinski definition) is 6. The second-order valence-electron chi connectivity index (χ2n) is 3.27. The molecule has 0 bridgehead atoms. The second-order valence-corrected chi connectivity index (χ2v) is 3.27. The van der Waals surface area contributed by atoms with E-state index in [1.54, 1.807) is 0 Å². The minimum Gasteiger partial charge on any atom is -0.477 e. The molecular formula is C7H12O8. The van der Waals surface area contributed by atoms with Crippen LogP contribution in [0.4, 0.5) is 0 Å². The van der Waals surface area contributed by atoms with E-state index in [9.17, 15) is 25.2 Å². The van der Waals surface area contributed by atoms with Gasteiger partial charge in [0, 0.05) is 0 Å². The molecule has 0 aromatic carbocycles. The molecule has 1 unspecified atom stereocenters. The lowest BCUT2D eigenvalue weighted by atomic mass is 9.93. The van der Waals surface area contributed by atoms with Crippen LogP contribution in [0.1, 0.15) is 0 Å². The largest absolute Gasteiger partial charge is 0.477 e. The van der Waals surface area contributed by atoms with Crippen LogP contribution in [0.25, 0.3) is 0 Å². The van der Waals surface area contributed by atoms with E-state index >= 15 is 0 Å². The summed E-state index contributed by atoms with van der Waals surface area (Å²) >= 11 is 0. The summed E-state index contributed by atoms with van der Waals surface area (Å²) in [5, 5.41) is 54.3. The zero-order valence-corrected chi connectivity index (χ0v) is 7.52. The third-order valence-electron chi connectivity index (χ3n) is 2.27. The first kappa shape index (κ1) is 12.3. The number of carboxylic acids is 1. The van der Waals surface area contributed by atoms with E-state index in [-0.39, 0.29) is 0 Å². The van der Waals surface area contributed by atoms with Crippen LogP contribution < -0.4 is 0 Å². The normalized spacial score (nSPS) is 46.5. The van der Waals surface area contributed by atoms with Crippen molar-refractivity contribution in [1.82, 2.24) is 0 Å². The van der Waals surface area contributed by atoms with E-state index < -0.39 is 42.8 Å². The molecule has 1 rings (SSSR count). The van der Waals surface area contributed by atoms with E-state index in [1.165, 1.54) is 0 Å². The second kappa shape index (κ2) is 4.00. The van der Waals surface area contributed by atoms with Crippen LogP contribution in [0.15, 0.2) is 0 Å². The lowest BCUT2D eigenvalue weighted by Crippen LogP contribution is -2.68. The number of aliphatic hydroxyl groups is 5. The Hall–Kier alpha value is -0.770. The van der Waals surface area contributed by atoms with E-state index in [1.807, 2.05) is 0 Å². The van der Waals surface area contributed by atoms with Gasteiger partial charge < -0.3 is 35.4 Å². The van der Waals surface area contributed by atoms with Crippen molar-refractivity contribution in [2.24, 2.45) is 0 Å². The maximum atomic E-state index is 10.6. The summed E-state index contributed by atoms with van der Waals surface area (Å²) in [4.78, 5) is 10.6. The van der Waals surface area contributed by atoms with Crippen molar-refractivity contribution in [1.29, 1.82) is 0 Å². The maximum absolute atomic E-state index is 10.6. The molecule has 15 heavy (non-hydrogen) atoms. The van der Waals surface area contributed by atoms with Crippen LogP contribution in [0.2, 0.25) is 0 Å². The molecule has 88 valence electrons. The fraction of sp³-hybridized carbons (Fsp3) is 0.857. The molecule has 0 spiro atoms. The van der Waals surface area contributed by atoms with Crippen molar-refractivity contribution in [2.75, 3.05) is 6.61 Å². The molecule has 0 aliphatic carbocycles. The van der Waals surface area contributed by atoms with Gasteiger partial charge in [0.05, 0.1) is 6.61 Å². The Bertz CT molecular complexity index is 253. The lowest BCUT2D eigenvalue weighted by Gasteiger charge is -2.42. The Labute approximate surface area is 84.0 Å². The summed E-state index contributed by atoms with van der Waals surface area (Å²) < 4.78 is 4.43. The summed E-state index contributed by atoms with van der Waals surface area (Å²) in [7, 11) is 0. The fourth-order valence-electron chi connectivity index (χ4n) is 1.33. The Kier molecular flexibility index (Phi) is 3.28. The number of aliphatic hydroxyl groups excluding tert-OH is 4. The predicted octanol–water partition coefficient (Wildman–Crippen LogP) is -3.77. The van der Waals surface area contributed by atoms with Gasteiger partial charge in [-0.3, -0.25) is 0 Å². The quantitative estimate of drug-likeness (QED) is 0.280. The molecule has 8 nitrogen and oxygen atoms in total. The fourth-order valence-corrected chi connectivity index (χ4v) is 1.33. The van der Waals surface area contributed by atoms with E-state index in [0.29, 0.717) is 0 Å². The molecule has 1 aliphatic rings. The molecule has 1 heterocycles. The number of carbonyl (C=O) groups is 1. The molecule has 5 atom stereocenters. The van der Waals surface area contributed by atoms with Crippen LogP contribution in [-0.4, -0.2) is 73.4 Å². The highest BCUT2D eigenvalue weighted by atomic mass is 16.7. The summed E-state index contributed by atoms with van der Waals surface area (Å²) in [5.74, 6) is -4.95. The van der Waals surface area contributed by atoms with Gasteiger partial charge in [-0.05, 0) is 0 Å². The topological polar surface area (TPSA) is 148 Å². The predicted molar refractivity (Wildman–Crippen MR) is 42.6 cm³/mol. The third-order valence-corrected chi connectivity index (χ3v) is 2.27. The van der Waals surface area contributed by atoms with Crippen LogP contribution in [-0.2, 0) is 9.53 Å². The van der Waals surface area contributed by atoms with Crippen molar-refractivity contribution in [3.63, 3.8) is 0 Å². The van der Waals surface area contributed by atoms with Gasteiger partial charge in [0.2, 0.25) is 0 Å². The number of carboxylic acid groups (broad SMARTS) is 1. The summed E-state index contributed by atoms with van der Waals surface area (Å²) in [6, 6.07) is 0. The standard InChI is InChI=1S/C7H12O8/c8-1-2-3(9)4(10)5(11)7(14,15-2)6(12)13/h2-5,8-11,14H,1H2,(H,12,13)/t2-,3-,4+,5-,7?/m1/s1. The van der Waals surface area contributed by atoms with Gasteiger partial charge >= 0.3 is 5.97 Å². The van der Waals surface area contributed by atoms with Gasteiger partial charge in [0.15, 0.2) is 0 Å². The van der Waals surface area contributed by atoms with Crippen molar-refractivity contribution in [3.8, 4) is 0 Å². The highest BCUT2D eigenvalue weighted by Gasteiger charge is 2.57. The van der Waals surface area contributed by atoms with Gasteiger partial charge in [-0.15, -0.1) is 0 Å². The first-order valence-electron chi connectivity index (χ1n) is 4.13. The van der Waals surface area contributed by atoms with Crippen LogP contribution in [0.3, 0.4) is 0 Å². The SMILES string of the molecule is O=C(O)C1(O)O[C@H](CO)[C@@H](O)[C@H](O)[C@H]1O. The highest BCUT2D eigenvalue weighted by Crippen LogP contribution is 2.28. The number of rotatable bonds is 2. The van der Waals surface area contributed by atoms with E-state index in [2.05, 4.69) is 4.74 Å². The molecule has 1 fully saturated rings. The van der Waals surface area contributed by atoms with Crippen LogP contribution in [0.5, 0.6) is 0 Å². The molecule has 0 aromatic heterocycles. The molecule has 1 saturated heterocycles. The average Bonchev–Trinajstić information content (AvgIpc) is 2.20. The first-order chi connectivity index (χ1) is 6.84. The highest BCUT2D eigenvalue weighted by molar-refractivity contribution is 5.76. The zero-order valence-electron chi connectivity index (χ0n) is 7.52. The van der Waals surface area contributed by atoms with Gasteiger partial charge in [-0.1, -0.05) is 0 Å². The molecule has 8 heteroatoms. The minimum atomic E-state index is -3.04. The minimum absolute atomic E-state index is 0.805. The van der Waals surface area contributed by atoms with Crippen molar-refractivity contribution < 1.29 is 40.2 Å². The van der Waals surface area contributed by atoms with Gasteiger partial charge in [-0.25, -0.2) is 4.79 Å². The summed E-state index contributed by atoms with van der Waals surface area (Å²) in [5.41, 5.74) is 0. The number of ether oxygens (including phenoxy) is 1. The average molecular weight is 224 g/mol. The van der Waals surface area contributed by atoms with Gasteiger partial charge in [-0.2, -0.15) is 0 Å². The number of hydrogen-bond acceptors (Lipinski definition) is 7. The van der Waals surface area contributed by atoms with Crippen LogP contribution in [0, 0.1) is 0 Å². The van der Waals surface area contributed by atoms with Gasteiger partial charge in [0.1, 0.15) is 24.4 Å². The third kappa shape index (κ3) is 1.83. The lowest BCUT2D eigenvalue weighted by molar-refractivity contribution is -0.337. The summed E-state index contributed by atoms with van der Waals surface area (Å²) in [6.07, 6.45) is -7.28. The van der Waals surface area contributed by atoms with E-state index in [4.69, 9.17) is 10.2 Å². The number of aliphatic carboxylic acids is 1. The molecule has 0 radical (unpaired) electrons. The van der Waals surface area contributed by atoms with Gasteiger partial charge in [0.25, 0.3) is 5.79 Å². The molecule has 0 aromatic rings. The maximum Gasteiger partial charge on any atom is 0.367 e. The Morgan fingerprint density at radius 2 is 1.80 bits per heavy atom.